The van der Waals surface area contributed by atoms with Crippen LogP contribution in [0.4, 0.5) is 0 Å². The molecule has 0 amide bonds. The van der Waals surface area contributed by atoms with E-state index in [9.17, 15) is 0 Å². The van der Waals surface area contributed by atoms with Crippen molar-refractivity contribution in [1.82, 2.24) is 0 Å². The first kappa shape index (κ1) is 45.8. The Morgan fingerprint density at radius 3 is 0.607 bits per heavy atom. The Morgan fingerprint density at radius 2 is 0.426 bits per heavy atom. The average Bonchev–Trinajstić information content (AvgIpc) is 3.72. The van der Waals surface area contributed by atoms with Gasteiger partial charge >= 0.3 is 28.5 Å². The maximum Gasteiger partial charge on any atom is 0.494 e. The molecule has 0 bridgehead atoms. The second-order valence-corrected chi connectivity index (χ2v) is 21.3. The van der Waals surface area contributed by atoms with Crippen molar-refractivity contribution in [2.45, 2.75) is 162 Å². The van der Waals surface area contributed by atoms with Crippen LogP contribution in [0.15, 0.2) is 97.1 Å². The van der Waals surface area contributed by atoms with Gasteiger partial charge < -0.3 is 37.2 Å². The Bertz CT molecular complexity index is 1940. The maximum absolute atomic E-state index is 6.15. The van der Waals surface area contributed by atoms with Crippen molar-refractivity contribution in [3.63, 3.8) is 0 Å². The summed E-state index contributed by atoms with van der Waals surface area (Å²) in [5.41, 5.74) is 6.35. The standard InChI is InChI=1S/C25H34B2O4.C24H32B2O4/c1-22(2)23(3,4)29-26(28-22)20-13-9-18(10-14-20)17-19-11-15-21(16-12-19)27-30-24(5,6)25(7,8)31-27;1-21(2)22(3,4)28-25(27-21)19-13-9-17(10-14-19)18-11-15-20(16-12-18)26-29-23(5,6)24(7,8)30-26/h9-16H,17H2,1-8H3;9-16H,1-8H3. The first-order valence-corrected chi connectivity index (χ1v) is 21.9. The van der Waals surface area contributed by atoms with Crippen LogP contribution in [-0.2, 0) is 43.7 Å². The van der Waals surface area contributed by atoms with E-state index in [4.69, 9.17) is 37.2 Å². The van der Waals surface area contributed by atoms with Gasteiger partial charge in [0.1, 0.15) is 0 Å². The normalized spacial score (nSPS) is 23.5. The molecule has 61 heavy (non-hydrogen) atoms. The van der Waals surface area contributed by atoms with E-state index in [1.807, 2.05) is 0 Å². The van der Waals surface area contributed by atoms with Crippen LogP contribution < -0.4 is 21.9 Å². The molecular formula is C49H66B4O8. The predicted octanol–water partition coefficient (Wildman–Crippen LogP) is 7.83. The third kappa shape index (κ3) is 9.12. The average molecular weight is 826 g/mol. The Kier molecular flexibility index (Phi) is 11.9. The lowest BCUT2D eigenvalue weighted by Gasteiger charge is -2.32. The second kappa shape index (κ2) is 15.8. The zero-order valence-corrected chi connectivity index (χ0v) is 39.5. The van der Waals surface area contributed by atoms with E-state index in [1.54, 1.807) is 0 Å². The van der Waals surface area contributed by atoms with E-state index in [-0.39, 0.29) is 73.3 Å². The Balaban J connectivity index is 0.000000184. The highest BCUT2D eigenvalue weighted by molar-refractivity contribution is 6.63. The van der Waals surface area contributed by atoms with Gasteiger partial charge in [-0.3, -0.25) is 0 Å². The fourth-order valence-corrected chi connectivity index (χ4v) is 7.40. The molecule has 4 saturated heterocycles. The predicted molar refractivity (Wildman–Crippen MR) is 250 cm³/mol. The minimum atomic E-state index is -0.338. The highest BCUT2D eigenvalue weighted by Gasteiger charge is 2.54. The zero-order chi connectivity index (χ0) is 44.6. The molecular weight excluding hydrogens is 760 g/mol. The molecule has 4 heterocycles. The number of rotatable bonds is 7. The molecule has 0 N–H and O–H groups in total. The summed E-state index contributed by atoms with van der Waals surface area (Å²) in [5.74, 6) is 0. The number of hydrogen-bond donors (Lipinski definition) is 0. The van der Waals surface area contributed by atoms with Gasteiger partial charge in [0.25, 0.3) is 0 Å². The van der Waals surface area contributed by atoms with Crippen LogP contribution in [0.5, 0.6) is 0 Å². The van der Waals surface area contributed by atoms with Gasteiger partial charge in [0, 0.05) is 0 Å². The maximum atomic E-state index is 6.15. The van der Waals surface area contributed by atoms with Gasteiger partial charge in [0.2, 0.25) is 0 Å². The molecule has 0 saturated carbocycles. The van der Waals surface area contributed by atoms with Crippen LogP contribution in [0, 0.1) is 0 Å². The van der Waals surface area contributed by atoms with E-state index < -0.39 is 0 Å². The van der Waals surface area contributed by atoms with Gasteiger partial charge in [-0.15, -0.1) is 0 Å². The van der Waals surface area contributed by atoms with Crippen molar-refractivity contribution < 1.29 is 37.2 Å². The second-order valence-electron chi connectivity index (χ2n) is 21.3. The summed E-state index contributed by atoms with van der Waals surface area (Å²) in [4.78, 5) is 0. The number of benzene rings is 4. The molecule has 0 aromatic heterocycles. The van der Waals surface area contributed by atoms with Gasteiger partial charge in [0.15, 0.2) is 0 Å². The van der Waals surface area contributed by atoms with Gasteiger partial charge in [-0.1, -0.05) is 97.1 Å². The monoisotopic (exact) mass is 827 g/mol. The first-order chi connectivity index (χ1) is 28.1. The lowest BCUT2D eigenvalue weighted by Crippen LogP contribution is -2.41. The molecule has 4 aromatic rings. The molecule has 4 aliphatic heterocycles. The van der Waals surface area contributed by atoms with Crippen LogP contribution in [0.1, 0.15) is 122 Å². The Labute approximate surface area is 367 Å². The Morgan fingerprint density at radius 1 is 0.262 bits per heavy atom. The molecule has 4 aliphatic rings. The van der Waals surface area contributed by atoms with E-state index in [0.29, 0.717) is 0 Å². The summed E-state index contributed by atoms with van der Waals surface area (Å²) in [6.45, 7) is 33.2. The Hall–Kier alpha value is -3.18. The summed E-state index contributed by atoms with van der Waals surface area (Å²) in [6.07, 6.45) is 0.868. The third-order valence-electron chi connectivity index (χ3n) is 14.6. The van der Waals surface area contributed by atoms with Crippen LogP contribution in [0.3, 0.4) is 0 Å². The van der Waals surface area contributed by atoms with Crippen molar-refractivity contribution >= 4 is 50.3 Å². The third-order valence-corrected chi connectivity index (χ3v) is 14.6. The topological polar surface area (TPSA) is 73.8 Å². The summed E-state index contributed by atoms with van der Waals surface area (Å²) < 4.78 is 49.2. The van der Waals surface area contributed by atoms with Crippen molar-refractivity contribution in [3.05, 3.63) is 108 Å². The largest absolute Gasteiger partial charge is 0.494 e. The highest BCUT2D eigenvalue weighted by atomic mass is 16.7. The van der Waals surface area contributed by atoms with E-state index in [0.717, 1.165) is 39.4 Å². The molecule has 0 aliphatic carbocycles. The van der Waals surface area contributed by atoms with Crippen LogP contribution in [0.2, 0.25) is 0 Å². The van der Waals surface area contributed by atoms with Gasteiger partial charge in [-0.05, 0) is 161 Å². The van der Waals surface area contributed by atoms with Crippen LogP contribution >= 0.6 is 0 Å². The van der Waals surface area contributed by atoms with E-state index >= 15 is 0 Å². The zero-order valence-electron chi connectivity index (χ0n) is 39.5. The molecule has 0 atom stereocenters. The molecule has 8 nitrogen and oxygen atoms in total. The molecule has 12 heteroatoms. The van der Waals surface area contributed by atoms with Gasteiger partial charge in [-0.25, -0.2) is 0 Å². The van der Waals surface area contributed by atoms with Gasteiger partial charge in [0.05, 0.1) is 44.8 Å². The summed E-state index contributed by atoms with van der Waals surface area (Å²) >= 11 is 0. The molecule has 4 fully saturated rings. The molecule has 0 spiro atoms. The van der Waals surface area contributed by atoms with Crippen LogP contribution in [-0.4, -0.2) is 73.3 Å². The van der Waals surface area contributed by atoms with E-state index in [2.05, 4.69) is 208 Å². The highest BCUT2D eigenvalue weighted by Crippen LogP contribution is 2.39. The molecule has 0 radical (unpaired) electrons. The van der Waals surface area contributed by atoms with Crippen molar-refractivity contribution in [3.8, 4) is 11.1 Å². The summed E-state index contributed by atoms with van der Waals surface area (Å²) in [7, 11) is -1.32. The molecule has 8 rings (SSSR count). The van der Waals surface area contributed by atoms with E-state index in [1.165, 1.54) is 11.1 Å². The summed E-state index contributed by atoms with van der Waals surface area (Å²) in [5, 5.41) is 0. The minimum Gasteiger partial charge on any atom is -0.399 e. The molecule has 4 aromatic carbocycles. The quantitative estimate of drug-likeness (QED) is 0.175. The SMILES string of the molecule is CC1(C)OB(c2ccc(-c3ccc(B4OC(C)(C)C(C)(C)O4)cc3)cc2)OC1(C)C.CC1(C)OB(c2ccc(Cc3ccc(B4OC(C)(C)C(C)(C)O4)cc3)cc2)OC1(C)C. The summed E-state index contributed by atoms with van der Waals surface area (Å²) in [6, 6.07) is 33.8. The fourth-order valence-electron chi connectivity index (χ4n) is 7.40. The minimum absolute atomic E-state index is 0.321. The van der Waals surface area contributed by atoms with Crippen molar-refractivity contribution in [1.29, 1.82) is 0 Å². The molecule has 0 unspecified atom stereocenters. The first-order valence-electron chi connectivity index (χ1n) is 21.9. The van der Waals surface area contributed by atoms with Gasteiger partial charge in [-0.2, -0.15) is 0 Å². The van der Waals surface area contributed by atoms with Crippen LogP contribution in [0.25, 0.3) is 11.1 Å². The van der Waals surface area contributed by atoms with Crippen molar-refractivity contribution in [2.24, 2.45) is 0 Å². The smallest absolute Gasteiger partial charge is 0.399 e. The lowest BCUT2D eigenvalue weighted by molar-refractivity contribution is 0.00578. The number of hydrogen-bond acceptors (Lipinski definition) is 8. The lowest BCUT2D eigenvalue weighted by atomic mass is 9.77. The fraction of sp³-hybridized carbons (Fsp3) is 0.510. The molecule has 322 valence electrons. The van der Waals surface area contributed by atoms with Crippen molar-refractivity contribution in [2.75, 3.05) is 0 Å².